The van der Waals surface area contributed by atoms with Gasteiger partial charge in [-0.3, -0.25) is 14.5 Å². The maximum atomic E-state index is 13.0. The number of nitrogens with one attached hydrogen (secondary N) is 1. The summed E-state index contributed by atoms with van der Waals surface area (Å²) in [4.78, 5) is 27.7. The zero-order valence-corrected chi connectivity index (χ0v) is 27.4. The van der Waals surface area contributed by atoms with E-state index in [0.717, 1.165) is 53.0 Å². The minimum absolute atomic E-state index is 0.0325. The van der Waals surface area contributed by atoms with Crippen molar-refractivity contribution in [3.8, 4) is 11.1 Å². The molecule has 0 unspecified atom stereocenters. The molecule has 3 aliphatic rings. The highest BCUT2D eigenvalue weighted by atomic mass is 19.4. The van der Waals surface area contributed by atoms with Gasteiger partial charge in [0, 0.05) is 44.2 Å². The highest BCUT2D eigenvalue weighted by molar-refractivity contribution is 5.90. The first-order chi connectivity index (χ1) is 23.6. The van der Waals surface area contributed by atoms with Crippen LogP contribution in [0.25, 0.3) is 11.1 Å². The molecule has 49 heavy (non-hydrogen) atoms. The van der Waals surface area contributed by atoms with Crippen LogP contribution >= 0.6 is 0 Å². The third-order valence-electron chi connectivity index (χ3n) is 9.61. The number of carbonyl (C=O) groups is 2. The van der Waals surface area contributed by atoms with Crippen molar-refractivity contribution in [2.75, 3.05) is 39.4 Å². The van der Waals surface area contributed by atoms with Crippen LogP contribution < -0.4 is 5.32 Å². The highest BCUT2D eigenvalue weighted by Gasteiger charge is 2.47. The van der Waals surface area contributed by atoms with Crippen LogP contribution in [-0.2, 0) is 37.0 Å². The van der Waals surface area contributed by atoms with Crippen molar-refractivity contribution in [2.45, 2.75) is 63.6 Å². The summed E-state index contributed by atoms with van der Waals surface area (Å²) in [6.07, 6.45) is -5.49. The number of nitrogens with zero attached hydrogens (tertiary/aromatic N) is 2. The lowest BCUT2D eigenvalue weighted by atomic mass is 9.89. The van der Waals surface area contributed by atoms with Gasteiger partial charge in [0.1, 0.15) is 6.04 Å². The molecule has 6 rings (SSSR count). The summed E-state index contributed by atoms with van der Waals surface area (Å²) in [5.74, 6) is -2.53. The molecule has 3 saturated heterocycles. The van der Waals surface area contributed by atoms with Gasteiger partial charge in [0.25, 0.3) is 0 Å². The van der Waals surface area contributed by atoms with Crippen LogP contribution in [0.5, 0.6) is 0 Å². The average molecular weight is 682 g/mol. The summed E-state index contributed by atoms with van der Waals surface area (Å²) in [5, 5.41) is 12.3. The predicted octanol–water partition coefficient (Wildman–Crippen LogP) is 5.14. The van der Waals surface area contributed by atoms with E-state index in [2.05, 4.69) is 17.1 Å². The molecule has 3 aliphatic heterocycles. The molecular weight excluding hydrogens is 639 g/mol. The molecule has 0 aromatic heterocycles. The highest BCUT2D eigenvalue weighted by Crippen LogP contribution is 2.42. The second kappa shape index (κ2) is 15.4. The van der Waals surface area contributed by atoms with Crippen molar-refractivity contribution >= 4 is 11.8 Å². The fraction of sp³-hybridized carbons (Fsp3) is 0.459. The van der Waals surface area contributed by atoms with E-state index in [1.807, 2.05) is 72.8 Å². The molecule has 0 bridgehead atoms. The summed E-state index contributed by atoms with van der Waals surface area (Å²) >= 11 is 0. The lowest BCUT2D eigenvalue weighted by Crippen LogP contribution is -2.50. The Morgan fingerprint density at radius 1 is 0.898 bits per heavy atom. The smallest absolute Gasteiger partial charge is 0.392 e. The van der Waals surface area contributed by atoms with E-state index in [0.29, 0.717) is 24.5 Å². The van der Waals surface area contributed by atoms with Crippen molar-refractivity contribution in [3.63, 3.8) is 0 Å². The molecule has 0 saturated carbocycles. The fourth-order valence-corrected chi connectivity index (χ4v) is 6.84. The van der Waals surface area contributed by atoms with Gasteiger partial charge in [-0.25, -0.2) is 0 Å². The van der Waals surface area contributed by atoms with Gasteiger partial charge in [-0.1, -0.05) is 67.6 Å². The Morgan fingerprint density at radius 3 is 2.33 bits per heavy atom. The normalized spacial score (nSPS) is 24.9. The quantitative estimate of drug-likeness (QED) is 0.323. The van der Waals surface area contributed by atoms with Gasteiger partial charge in [0.2, 0.25) is 5.91 Å². The van der Waals surface area contributed by atoms with Crippen molar-refractivity contribution < 1.29 is 42.1 Å². The van der Waals surface area contributed by atoms with Crippen LogP contribution in [0.4, 0.5) is 13.2 Å². The second-order valence-corrected chi connectivity index (χ2v) is 12.9. The number of alkyl halides is 3. The maximum Gasteiger partial charge on any atom is 0.471 e. The summed E-state index contributed by atoms with van der Waals surface area (Å²) in [6.45, 7) is 5.91. The Hall–Kier alpha value is -3.81. The molecule has 3 fully saturated rings. The summed E-state index contributed by atoms with van der Waals surface area (Å²) in [6, 6.07) is 22.2. The third-order valence-corrected chi connectivity index (χ3v) is 9.61. The predicted molar refractivity (Wildman–Crippen MR) is 175 cm³/mol. The molecule has 12 heteroatoms. The minimum Gasteiger partial charge on any atom is -0.392 e. The van der Waals surface area contributed by atoms with Crippen molar-refractivity contribution in [3.05, 3.63) is 95.1 Å². The number of rotatable bonds is 9. The number of hydrogen-bond acceptors (Lipinski definition) is 7. The van der Waals surface area contributed by atoms with Crippen LogP contribution in [0.1, 0.15) is 54.4 Å². The molecule has 5 atom stereocenters. The molecule has 3 heterocycles. The molecule has 0 spiro atoms. The van der Waals surface area contributed by atoms with Gasteiger partial charge in [-0.2, -0.15) is 13.2 Å². The number of carbonyl (C=O) groups excluding carboxylic acids is 2. The summed E-state index contributed by atoms with van der Waals surface area (Å²) in [5.41, 5.74) is 5.24. The average Bonchev–Trinajstić information content (AvgIpc) is 3.61. The lowest BCUT2D eigenvalue weighted by molar-refractivity contribution is -0.277. The van der Waals surface area contributed by atoms with E-state index in [-0.39, 0.29) is 44.2 Å². The van der Waals surface area contributed by atoms with Crippen molar-refractivity contribution in [2.24, 2.45) is 5.92 Å². The summed E-state index contributed by atoms with van der Waals surface area (Å²) in [7, 11) is 0. The SMILES string of the molecule is C[C@H]1[C@@H](CN2CCOCC2)O[C@@H](c2cccc(-c3cccc(CNC(=O)[C@@H]4CCCN4C(=O)C(F)(F)F)c3)c2)O[C@H]1c1ccc(CO)cc1. The molecular formula is C37H42F3N3O6. The van der Waals surface area contributed by atoms with Crippen molar-refractivity contribution in [1.82, 2.24) is 15.1 Å². The largest absolute Gasteiger partial charge is 0.471 e. The van der Waals surface area contributed by atoms with Crippen LogP contribution in [0, 0.1) is 5.92 Å². The Bertz CT molecular complexity index is 1600. The van der Waals surface area contributed by atoms with Gasteiger partial charge < -0.3 is 29.5 Å². The Kier molecular flexibility index (Phi) is 11.0. The molecule has 0 radical (unpaired) electrons. The Balaban J connectivity index is 1.18. The number of aliphatic hydroxyl groups is 1. The third kappa shape index (κ3) is 8.33. The van der Waals surface area contributed by atoms with E-state index in [1.165, 1.54) is 0 Å². The fourth-order valence-electron chi connectivity index (χ4n) is 6.84. The number of aliphatic hydroxyl groups excluding tert-OH is 1. The monoisotopic (exact) mass is 681 g/mol. The van der Waals surface area contributed by atoms with Crippen LogP contribution in [-0.4, -0.2) is 84.4 Å². The molecule has 3 aromatic carbocycles. The lowest BCUT2D eigenvalue weighted by Gasteiger charge is -2.43. The van der Waals surface area contributed by atoms with Gasteiger partial charge in [0.05, 0.1) is 32.0 Å². The molecule has 2 amide bonds. The molecule has 2 N–H and O–H groups in total. The first kappa shape index (κ1) is 35.0. The van der Waals surface area contributed by atoms with Gasteiger partial charge >= 0.3 is 12.1 Å². The molecule has 262 valence electrons. The molecule has 9 nitrogen and oxygen atoms in total. The minimum atomic E-state index is -5.02. The number of likely N-dealkylation sites (tertiary alicyclic amines) is 1. The van der Waals surface area contributed by atoms with Crippen LogP contribution in [0.3, 0.4) is 0 Å². The zero-order chi connectivity index (χ0) is 34.5. The number of ether oxygens (including phenoxy) is 3. The van der Waals surface area contributed by atoms with Gasteiger partial charge in [-0.15, -0.1) is 0 Å². The van der Waals surface area contributed by atoms with E-state index >= 15 is 0 Å². The number of morpholine rings is 1. The number of halogens is 3. The van der Waals surface area contributed by atoms with Gasteiger partial charge in [-0.05, 0) is 52.8 Å². The van der Waals surface area contributed by atoms with Gasteiger partial charge in [0.15, 0.2) is 6.29 Å². The van der Waals surface area contributed by atoms with E-state index in [9.17, 15) is 27.9 Å². The topological polar surface area (TPSA) is 101 Å². The van der Waals surface area contributed by atoms with E-state index in [1.54, 1.807) is 0 Å². The van der Waals surface area contributed by atoms with E-state index in [4.69, 9.17) is 14.2 Å². The second-order valence-electron chi connectivity index (χ2n) is 12.9. The first-order valence-corrected chi connectivity index (χ1v) is 16.8. The zero-order valence-electron chi connectivity index (χ0n) is 27.4. The number of amides is 2. The summed E-state index contributed by atoms with van der Waals surface area (Å²) < 4.78 is 58.0. The van der Waals surface area contributed by atoms with Crippen molar-refractivity contribution in [1.29, 1.82) is 0 Å². The Morgan fingerprint density at radius 2 is 1.61 bits per heavy atom. The standard InChI is InChI=1S/C37H42F3N3O6/c1-24-32(22-42-15-17-47-18-16-42)48-35(49-33(24)27-12-10-25(23-44)11-13-27)30-8-3-7-29(20-30)28-6-2-5-26(19-28)21-41-34(45)31-9-4-14-43(31)36(46)37(38,39)40/h2-3,5-8,10-13,19-20,24,31-33,35,44H,4,9,14-18,21-23H2,1H3,(H,41,45)/t24-,31-,32+,33+,35+/m0/s1. The Labute approximate surface area is 283 Å². The van der Waals surface area contributed by atoms with Crippen LogP contribution in [0.2, 0.25) is 0 Å². The van der Waals surface area contributed by atoms with E-state index < -0.39 is 30.3 Å². The number of hydrogen-bond donors (Lipinski definition) is 2. The molecule has 3 aromatic rings. The first-order valence-electron chi connectivity index (χ1n) is 16.8. The maximum absolute atomic E-state index is 13.0. The van der Waals surface area contributed by atoms with Crippen LogP contribution in [0.15, 0.2) is 72.8 Å². The molecule has 0 aliphatic carbocycles. The number of benzene rings is 3.